The molecule has 2 heterocycles. The molecule has 138 valence electrons. The molecule has 0 bridgehead atoms. The zero-order valence-corrected chi connectivity index (χ0v) is 15.3. The first-order chi connectivity index (χ1) is 13.2. The van der Waals surface area contributed by atoms with Crippen LogP contribution >= 0.6 is 0 Å². The maximum absolute atomic E-state index is 12.0. The molecule has 2 aromatic carbocycles. The van der Waals surface area contributed by atoms with Crippen molar-refractivity contribution in [2.75, 3.05) is 30.8 Å². The first-order valence-corrected chi connectivity index (χ1v) is 9.10. The van der Waals surface area contributed by atoms with Crippen molar-refractivity contribution < 1.29 is 9.53 Å². The van der Waals surface area contributed by atoms with Crippen LogP contribution in [0.2, 0.25) is 0 Å². The summed E-state index contributed by atoms with van der Waals surface area (Å²) in [5.41, 5.74) is 9.58. The van der Waals surface area contributed by atoms with Crippen LogP contribution in [0.3, 0.4) is 0 Å². The second-order valence-electron chi connectivity index (χ2n) is 6.83. The number of hydrogen-bond acceptors (Lipinski definition) is 6. The number of nitrogens with zero attached hydrogens (tertiary/aromatic N) is 3. The third-order valence-corrected chi connectivity index (χ3v) is 5.12. The van der Waals surface area contributed by atoms with Gasteiger partial charge in [-0.25, -0.2) is 9.97 Å². The number of nitrogen functional groups attached to an aromatic ring is 1. The van der Waals surface area contributed by atoms with Crippen LogP contribution in [-0.2, 0) is 9.53 Å². The van der Waals surface area contributed by atoms with Crippen LogP contribution in [-0.4, -0.2) is 36.1 Å². The Hall–Kier alpha value is -3.15. The van der Waals surface area contributed by atoms with Crippen LogP contribution in [0.1, 0.15) is 12.8 Å². The number of aromatic nitrogens is 2. The highest BCUT2D eigenvalue weighted by Gasteiger charge is 2.28. The maximum atomic E-state index is 12.0. The second kappa shape index (κ2) is 7.23. The van der Waals surface area contributed by atoms with E-state index in [1.807, 2.05) is 36.4 Å². The lowest BCUT2D eigenvalue weighted by Gasteiger charge is -2.33. The van der Waals surface area contributed by atoms with Gasteiger partial charge >= 0.3 is 5.97 Å². The van der Waals surface area contributed by atoms with E-state index >= 15 is 0 Å². The molecular weight excluding hydrogens is 340 g/mol. The molecule has 1 aromatic heterocycles. The first kappa shape index (κ1) is 17.3. The number of methoxy groups -OCH3 is 1. The molecule has 4 rings (SSSR count). The molecule has 0 saturated carbocycles. The van der Waals surface area contributed by atoms with Crippen LogP contribution in [0.4, 0.5) is 11.5 Å². The predicted molar refractivity (Wildman–Crippen MR) is 106 cm³/mol. The van der Waals surface area contributed by atoms with Crippen LogP contribution in [0.25, 0.3) is 22.0 Å². The molecule has 6 nitrogen and oxygen atoms in total. The van der Waals surface area contributed by atoms with Crippen LogP contribution in [0, 0.1) is 5.92 Å². The van der Waals surface area contributed by atoms with E-state index in [9.17, 15) is 4.79 Å². The van der Waals surface area contributed by atoms with Crippen molar-refractivity contribution in [2.24, 2.45) is 5.92 Å². The van der Waals surface area contributed by atoms with Gasteiger partial charge in [-0.05, 0) is 42.2 Å². The Morgan fingerprint density at radius 3 is 2.78 bits per heavy atom. The summed E-state index contributed by atoms with van der Waals surface area (Å²) in [5, 5.41) is 0.996. The molecule has 1 aliphatic rings. The van der Waals surface area contributed by atoms with Gasteiger partial charge in [-0.3, -0.25) is 4.79 Å². The van der Waals surface area contributed by atoms with E-state index in [-0.39, 0.29) is 11.9 Å². The quantitative estimate of drug-likeness (QED) is 0.569. The topological polar surface area (TPSA) is 81.3 Å². The highest BCUT2D eigenvalue weighted by molar-refractivity contribution is 6.02. The number of rotatable bonds is 3. The molecule has 1 unspecified atom stereocenters. The normalized spacial score (nSPS) is 17.1. The Morgan fingerprint density at radius 2 is 2.00 bits per heavy atom. The zero-order valence-electron chi connectivity index (χ0n) is 15.3. The SMILES string of the molecule is COC(=O)C1CCCN(c2ncnc3cccc(-c4ccc(N)cc4)c23)C1. The minimum atomic E-state index is -0.156. The van der Waals surface area contributed by atoms with Crippen LogP contribution < -0.4 is 10.6 Å². The summed E-state index contributed by atoms with van der Waals surface area (Å²) in [4.78, 5) is 23.3. The maximum Gasteiger partial charge on any atom is 0.310 e. The summed E-state index contributed by atoms with van der Waals surface area (Å²) in [7, 11) is 1.45. The summed E-state index contributed by atoms with van der Waals surface area (Å²) in [6.07, 6.45) is 3.36. The molecule has 3 aromatic rings. The van der Waals surface area contributed by atoms with Crippen molar-refractivity contribution in [2.45, 2.75) is 12.8 Å². The molecule has 0 amide bonds. The van der Waals surface area contributed by atoms with Gasteiger partial charge in [0, 0.05) is 18.8 Å². The van der Waals surface area contributed by atoms with Gasteiger partial charge in [0.15, 0.2) is 0 Å². The molecule has 0 radical (unpaired) electrons. The summed E-state index contributed by atoms with van der Waals surface area (Å²) >= 11 is 0. The van der Waals surface area contributed by atoms with Crippen molar-refractivity contribution in [3.8, 4) is 11.1 Å². The van der Waals surface area contributed by atoms with Gasteiger partial charge in [-0.15, -0.1) is 0 Å². The largest absolute Gasteiger partial charge is 0.469 e. The van der Waals surface area contributed by atoms with E-state index in [0.717, 1.165) is 52.9 Å². The minimum absolute atomic E-state index is 0.127. The van der Waals surface area contributed by atoms with E-state index in [2.05, 4.69) is 20.9 Å². The monoisotopic (exact) mass is 362 g/mol. The molecule has 27 heavy (non-hydrogen) atoms. The van der Waals surface area contributed by atoms with Crippen molar-refractivity contribution >= 4 is 28.4 Å². The molecule has 2 N–H and O–H groups in total. The fourth-order valence-electron chi connectivity index (χ4n) is 3.76. The highest BCUT2D eigenvalue weighted by Crippen LogP contribution is 2.35. The Balaban J connectivity index is 1.81. The zero-order chi connectivity index (χ0) is 18.8. The number of hydrogen-bond donors (Lipinski definition) is 1. The Kier molecular flexibility index (Phi) is 4.62. The van der Waals surface area contributed by atoms with Crippen LogP contribution in [0.15, 0.2) is 48.8 Å². The molecule has 0 aliphatic carbocycles. The third-order valence-electron chi connectivity index (χ3n) is 5.12. The lowest BCUT2D eigenvalue weighted by atomic mass is 9.96. The lowest BCUT2D eigenvalue weighted by Crippen LogP contribution is -2.39. The molecule has 1 saturated heterocycles. The van der Waals surface area contributed by atoms with E-state index in [0.29, 0.717) is 6.54 Å². The van der Waals surface area contributed by atoms with E-state index in [1.54, 1.807) is 6.33 Å². The van der Waals surface area contributed by atoms with Crippen molar-refractivity contribution in [1.29, 1.82) is 0 Å². The fourth-order valence-corrected chi connectivity index (χ4v) is 3.76. The summed E-state index contributed by atoms with van der Waals surface area (Å²) in [6, 6.07) is 13.9. The number of fused-ring (bicyclic) bond motifs is 1. The van der Waals surface area contributed by atoms with E-state index in [1.165, 1.54) is 7.11 Å². The van der Waals surface area contributed by atoms with Gasteiger partial charge in [-0.1, -0.05) is 24.3 Å². The average Bonchev–Trinajstić information content (AvgIpc) is 2.73. The van der Waals surface area contributed by atoms with E-state index < -0.39 is 0 Å². The molecule has 1 fully saturated rings. The number of anilines is 2. The summed E-state index contributed by atoms with van der Waals surface area (Å²) in [6.45, 7) is 1.46. The number of esters is 1. The average molecular weight is 362 g/mol. The second-order valence-corrected chi connectivity index (χ2v) is 6.83. The number of nitrogens with two attached hydrogens (primary N) is 1. The van der Waals surface area contributed by atoms with Crippen molar-refractivity contribution in [1.82, 2.24) is 9.97 Å². The third kappa shape index (κ3) is 3.30. The van der Waals surface area contributed by atoms with E-state index in [4.69, 9.17) is 10.5 Å². The molecule has 0 spiro atoms. The standard InChI is InChI=1S/C21H22N4O2/c1-27-21(26)15-4-3-11-25(12-15)20-19-17(14-7-9-16(22)10-8-14)5-2-6-18(19)23-13-24-20/h2,5-10,13,15H,3-4,11-12,22H2,1H3. The Bertz CT molecular complexity index is 966. The number of carbonyl (C=O) groups excluding carboxylic acids is 1. The lowest BCUT2D eigenvalue weighted by molar-refractivity contribution is -0.145. The molecule has 1 atom stereocenters. The smallest absolute Gasteiger partial charge is 0.310 e. The predicted octanol–water partition coefficient (Wildman–Crippen LogP) is 3.27. The van der Waals surface area contributed by atoms with Crippen molar-refractivity contribution in [3.63, 3.8) is 0 Å². The minimum Gasteiger partial charge on any atom is -0.469 e. The van der Waals surface area contributed by atoms with Gasteiger partial charge < -0.3 is 15.4 Å². The Labute approximate surface area is 158 Å². The molecule has 1 aliphatic heterocycles. The van der Waals surface area contributed by atoms with Gasteiger partial charge in [0.05, 0.1) is 23.9 Å². The summed E-state index contributed by atoms with van der Waals surface area (Å²) < 4.78 is 4.96. The first-order valence-electron chi connectivity index (χ1n) is 9.10. The van der Waals surface area contributed by atoms with Crippen molar-refractivity contribution in [3.05, 3.63) is 48.8 Å². The number of ether oxygens (including phenoxy) is 1. The molecular formula is C21H22N4O2. The number of piperidine rings is 1. The number of carbonyl (C=O) groups is 1. The van der Waals surface area contributed by atoms with Gasteiger partial charge in [-0.2, -0.15) is 0 Å². The van der Waals surface area contributed by atoms with Crippen LogP contribution in [0.5, 0.6) is 0 Å². The highest BCUT2D eigenvalue weighted by atomic mass is 16.5. The van der Waals surface area contributed by atoms with Gasteiger partial charge in [0.2, 0.25) is 0 Å². The van der Waals surface area contributed by atoms with Gasteiger partial charge in [0.1, 0.15) is 12.1 Å². The number of benzene rings is 2. The Morgan fingerprint density at radius 1 is 1.19 bits per heavy atom. The fraction of sp³-hybridized carbons (Fsp3) is 0.286. The van der Waals surface area contributed by atoms with Gasteiger partial charge in [0.25, 0.3) is 0 Å². The summed E-state index contributed by atoms with van der Waals surface area (Å²) in [5.74, 6) is 0.579. The molecule has 6 heteroatoms.